The smallest absolute Gasteiger partial charge is 0.417 e. The second kappa shape index (κ2) is 7.78. The Hall–Kier alpha value is -2.21. The Morgan fingerprint density at radius 2 is 1.92 bits per heavy atom. The third kappa shape index (κ3) is 4.89. The van der Waals surface area contributed by atoms with Crippen LogP contribution in [0.3, 0.4) is 0 Å². The lowest BCUT2D eigenvalue weighted by molar-refractivity contribution is -0.137. The fourth-order valence-corrected chi connectivity index (χ4v) is 2.44. The van der Waals surface area contributed by atoms with Gasteiger partial charge in [-0.05, 0) is 43.2 Å². The van der Waals surface area contributed by atoms with Gasteiger partial charge in [0.2, 0.25) is 0 Å². The first-order valence-corrected chi connectivity index (χ1v) is 8.02. The van der Waals surface area contributed by atoms with E-state index in [4.69, 9.17) is 16.3 Å². The van der Waals surface area contributed by atoms with Gasteiger partial charge in [0.25, 0.3) is 5.91 Å². The van der Waals surface area contributed by atoms with Crippen molar-refractivity contribution in [3.05, 3.63) is 58.6 Å². The second-order valence-electron chi connectivity index (χ2n) is 5.40. The largest absolute Gasteiger partial charge is 0.481 e. The van der Waals surface area contributed by atoms with Crippen LogP contribution in [0.4, 0.5) is 18.9 Å². The number of ether oxygens (including phenoxy) is 1. The van der Waals surface area contributed by atoms with Crippen LogP contribution in [-0.4, -0.2) is 12.0 Å². The van der Waals surface area contributed by atoms with Crippen molar-refractivity contribution in [3.8, 4) is 5.75 Å². The number of hydrogen-bond acceptors (Lipinski definition) is 2. The standard InChI is InChI=1S/C18H17ClF3NO2/c1-3-12-6-4-5-7-16(12)25-11(2)17(24)23-13-8-9-15(19)14(10-13)18(20,21)22/h4-11H,3H2,1-2H3,(H,23,24)/t11-/m1/s1. The lowest BCUT2D eigenvalue weighted by atomic mass is 10.1. The average molecular weight is 372 g/mol. The van der Waals surface area contributed by atoms with Crippen LogP contribution in [-0.2, 0) is 17.4 Å². The Bertz CT molecular complexity index is 762. The normalized spacial score (nSPS) is 12.6. The summed E-state index contributed by atoms with van der Waals surface area (Å²) in [6, 6.07) is 10.5. The predicted octanol–water partition coefficient (Wildman–Crippen LogP) is 5.33. The molecule has 0 spiro atoms. The molecule has 25 heavy (non-hydrogen) atoms. The highest BCUT2D eigenvalue weighted by atomic mass is 35.5. The maximum Gasteiger partial charge on any atom is 0.417 e. The van der Waals surface area contributed by atoms with Crippen molar-refractivity contribution in [1.82, 2.24) is 0 Å². The molecule has 1 atom stereocenters. The maximum atomic E-state index is 12.9. The van der Waals surface area contributed by atoms with E-state index in [1.54, 1.807) is 12.1 Å². The van der Waals surface area contributed by atoms with Crippen LogP contribution >= 0.6 is 11.6 Å². The first kappa shape index (κ1) is 19.1. The van der Waals surface area contributed by atoms with Crippen LogP contribution in [0.1, 0.15) is 25.0 Å². The summed E-state index contributed by atoms with van der Waals surface area (Å²) in [7, 11) is 0. The van der Waals surface area contributed by atoms with Gasteiger partial charge in [-0.3, -0.25) is 4.79 Å². The van der Waals surface area contributed by atoms with Gasteiger partial charge in [-0.25, -0.2) is 0 Å². The molecule has 0 saturated heterocycles. The molecule has 0 radical (unpaired) electrons. The van der Waals surface area contributed by atoms with Gasteiger partial charge in [0.1, 0.15) is 5.75 Å². The number of para-hydroxylation sites is 1. The molecular weight excluding hydrogens is 355 g/mol. The van der Waals surface area contributed by atoms with E-state index in [0.29, 0.717) is 5.75 Å². The molecular formula is C18H17ClF3NO2. The van der Waals surface area contributed by atoms with E-state index in [1.165, 1.54) is 13.0 Å². The Balaban J connectivity index is 2.11. The molecule has 0 fully saturated rings. The molecule has 0 bridgehead atoms. The molecule has 0 saturated carbocycles. The summed E-state index contributed by atoms with van der Waals surface area (Å²) in [5.74, 6) is 0.0149. The van der Waals surface area contributed by atoms with E-state index in [9.17, 15) is 18.0 Å². The second-order valence-corrected chi connectivity index (χ2v) is 5.81. The molecule has 0 aliphatic carbocycles. The quantitative estimate of drug-likeness (QED) is 0.771. The number of rotatable bonds is 5. The minimum atomic E-state index is -4.60. The Morgan fingerprint density at radius 3 is 2.56 bits per heavy atom. The summed E-state index contributed by atoms with van der Waals surface area (Å²) < 4.78 is 44.3. The first-order valence-electron chi connectivity index (χ1n) is 7.64. The topological polar surface area (TPSA) is 38.3 Å². The van der Waals surface area contributed by atoms with E-state index in [0.717, 1.165) is 24.1 Å². The van der Waals surface area contributed by atoms with Gasteiger partial charge in [-0.1, -0.05) is 36.7 Å². The van der Waals surface area contributed by atoms with Crippen molar-refractivity contribution < 1.29 is 22.7 Å². The van der Waals surface area contributed by atoms with Gasteiger partial charge >= 0.3 is 6.18 Å². The molecule has 0 aromatic heterocycles. The lowest BCUT2D eigenvalue weighted by Crippen LogP contribution is -2.30. The third-order valence-corrected chi connectivity index (χ3v) is 3.90. The molecule has 3 nitrogen and oxygen atoms in total. The van der Waals surface area contributed by atoms with Gasteiger partial charge in [0, 0.05) is 5.69 Å². The molecule has 0 unspecified atom stereocenters. The van der Waals surface area contributed by atoms with Gasteiger partial charge in [-0.2, -0.15) is 13.2 Å². The summed E-state index contributed by atoms with van der Waals surface area (Å²) in [6.45, 7) is 3.49. The number of hydrogen-bond donors (Lipinski definition) is 1. The van der Waals surface area contributed by atoms with Gasteiger partial charge in [0.05, 0.1) is 10.6 Å². The molecule has 2 aromatic rings. The Kier molecular flexibility index (Phi) is 5.95. The van der Waals surface area contributed by atoms with Crippen LogP contribution in [0.15, 0.2) is 42.5 Å². The number of alkyl halides is 3. The zero-order chi connectivity index (χ0) is 18.6. The molecule has 2 aromatic carbocycles. The van der Waals surface area contributed by atoms with Crippen LogP contribution in [0.5, 0.6) is 5.75 Å². The molecule has 0 aliphatic heterocycles. The fourth-order valence-electron chi connectivity index (χ4n) is 2.22. The molecule has 0 heterocycles. The van der Waals surface area contributed by atoms with Crippen molar-refractivity contribution in [1.29, 1.82) is 0 Å². The van der Waals surface area contributed by atoms with Gasteiger partial charge in [-0.15, -0.1) is 0 Å². The average Bonchev–Trinajstić information content (AvgIpc) is 2.56. The number of halogens is 4. The molecule has 1 N–H and O–H groups in total. The molecule has 1 amide bonds. The molecule has 0 aliphatic rings. The highest BCUT2D eigenvalue weighted by molar-refractivity contribution is 6.31. The monoisotopic (exact) mass is 371 g/mol. The number of anilines is 1. The van der Waals surface area contributed by atoms with E-state index in [1.807, 2.05) is 19.1 Å². The van der Waals surface area contributed by atoms with Crippen molar-refractivity contribution >= 4 is 23.2 Å². The van der Waals surface area contributed by atoms with E-state index in [-0.39, 0.29) is 5.69 Å². The highest BCUT2D eigenvalue weighted by Gasteiger charge is 2.33. The minimum Gasteiger partial charge on any atom is -0.481 e. The first-order chi connectivity index (χ1) is 11.7. The number of carbonyl (C=O) groups is 1. The number of carbonyl (C=O) groups excluding carboxylic acids is 1. The van der Waals surface area contributed by atoms with Crippen LogP contribution in [0, 0.1) is 0 Å². The summed E-state index contributed by atoms with van der Waals surface area (Å²) in [5, 5.41) is 1.99. The van der Waals surface area contributed by atoms with E-state index < -0.39 is 28.8 Å². The van der Waals surface area contributed by atoms with Crippen molar-refractivity contribution in [2.24, 2.45) is 0 Å². The van der Waals surface area contributed by atoms with Gasteiger partial charge in [0.15, 0.2) is 6.10 Å². The number of nitrogens with one attached hydrogen (secondary N) is 1. The van der Waals surface area contributed by atoms with E-state index >= 15 is 0 Å². The van der Waals surface area contributed by atoms with Crippen LogP contribution in [0.25, 0.3) is 0 Å². The SMILES string of the molecule is CCc1ccccc1O[C@H](C)C(=O)Nc1ccc(Cl)c(C(F)(F)F)c1. The maximum absolute atomic E-state index is 12.9. The van der Waals surface area contributed by atoms with Gasteiger partial charge < -0.3 is 10.1 Å². The highest BCUT2D eigenvalue weighted by Crippen LogP contribution is 2.36. The number of benzene rings is 2. The summed E-state index contributed by atoms with van der Waals surface area (Å²) in [4.78, 5) is 12.2. The van der Waals surface area contributed by atoms with E-state index in [2.05, 4.69) is 5.32 Å². The van der Waals surface area contributed by atoms with Crippen molar-refractivity contribution in [3.63, 3.8) is 0 Å². The van der Waals surface area contributed by atoms with Crippen LogP contribution < -0.4 is 10.1 Å². The minimum absolute atomic E-state index is 0.000881. The van der Waals surface area contributed by atoms with Crippen LogP contribution in [0.2, 0.25) is 5.02 Å². The predicted molar refractivity (Wildman–Crippen MR) is 91.0 cm³/mol. The summed E-state index contributed by atoms with van der Waals surface area (Å²) in [6.07, 6.45) is -4.74. The number of aryl methyl sites for hydroxylation is 1. The Morgan fingerprint density at radius 1 is 1.24 bits per heavy atom. The molecule has 134 valence electrons. The molecule has 2 rings (SSSR count). The molecule has 7 heteroatoms. The summed E-state index contributed by atoms with van der Waals surface area (Å²) in [5.41, 5.74) is -0.0641. The lowest BCUT2D eigenvalue weighted by Gasteiger charge is -2.17. The van der Waals surface area contributed by atoms with Crippen molar-refractivity contribution in [2.45, 2.75) is 32.5 Å². The number of amides is 1. The fraction of sp³-hybridized carbons (Fsp3) is 0.278. The summed E-state index contributed by atoms with van der Waals surface area (Å²) >= 11 is 5.56. The Labute approximate surface area is 148 Å². The van der Waals surface area contributed by atoms with Crippen molar-refractivity contribution in [2.75, 3.05) is 5.32 Å². The zero-order valence-corrected chi connectivity index (χ0v) is 14.4. The zero-order valence-electron chi connectivity index (χ0n) is 13.7. The third-order valence-electron chi connectivity index (χ3n) is 3.57.